The first-order chi connectivity index (χ1) is 7.91. The van der Waals surface area contributed by atoms with E-state index >= 15 is 0 Å². The number of benzene rings is 1. The van der Waals surface area contributed by atoms with Gasteiger partial charge in [0.05, 0.1) is 5.92 Å². The highest BCUT2D eigenvalue weighted by atomic mass is 79.9. The van der Waals surface area contributed by atoms with Gasteiger partial charge in [-0.2, -0.15) is 0 Å². The maximum absolute atomic E-state index is 11.7. The van der Waals surface area contributed by atoms with E-state index in [-0.39, 0.29) is 11.8 Å². The highest BCUT2D eigenvalue weighted by Crippen LogP contribution is 2.33. The molecule has 3 nitrogen and oxygen atoms in total. The van der Waals surface area contributed by atoms with Crippen molar-refractivity contribution in [1.82, 2.24) is 5.32 Å². The lowest BCUT2D eigenvalue weighted by Crippen LogP contribution is -2.22. The topological polar surface area (TPSA) is 46.2 Å². The van der Waals surface area contributed by atoms with E-state index in [9.17, 15) is 9.59 Å². The van der Waals surface area contributed by atoms with E-state index < -0.39 is 10.7 Å². The average molecular weight is 361 g/mol. The van der Waals surface area contributed by atoms with Crippen molar-refractivity contribution < 1.29 is 9.59 Å². The third-order valence-corrected chi connectivity index (χ3v) is 5.09. The van der Waals surface area contributed by atoms with Crippen LogP contribution in [0.25, 0.3) is 0 Å². The van der Waals surface area contributed by atoms with Gasteiger partial charge >= 0.3 is 0 Å². The third-order valence-electron chi connectivity index (χ3n) is 2.89. The Balaban J connectivity index is 2.48. The molecular formula is C12H11Br2NO2. The first-order valence-electron chi connectivity index (χ1n) is 5.17. The summed E-state index contributed by atoms with van der Waals surface area (Å²) < 4.78 is 1.04. The Kier molecular flexibility index (Phi) is 3.41. The number of alkyl halides is 1. The Morgan fingerprint density at radius 1 is 1.12 bits per heavy atom. The quantitative estimate of drug-likeness (QED) is 0.618. The largest absolute Gasteiger partial charge is 0.295 e. The number of imide groups is 1. The van der Waals surface area contributed by atoms with Gasteiger partial charge in [0.15, 0.2) is 0 Å². The first-order valence-corrected chi connectivity index (χ1v) is 6.88. The van der Waals surface area contributed by atoms with Crippen molar-refractivity contribution >= 4 is 43.7 Å². The zero-order valence-electron chi connectivity index (χ0n) is 9.38. The minimum atomic E-state index is -0.477. The number of aryl methyl sites for hydroxylation is 2. The summed E-state index contributed by atoms with van der Waals surface area (Å²) in [7, 11) is 0. The Bertz CT molecular complexity index is 490. The molecule has 1 aromatic carbocycles. The third kappa shape index (κ3) is 2.18. The molecule has 90 valence electrons. The molecule has 0 aromatic heterocycles. The molecule has 1 aliphatic heterocycles. The molecule has 0 saturated carbocycles. The molecule has 0 spiro atoms. The maximum Gasteiger partial charge on any atom is 0.241 e. The average Bonchev–Trinajstić information content (AvgIpc) is 2.49. The molecule has 1 fully saturated rings. The normalized spacial score (nSPS) is 24.0. The van der Waals surface area contributed by atoms with Crippen LogP contribution in [0.15, 0.2) is 16.6 Å². The molecule has 0 radical (unpaired) electrons. The second-order valence-corrected chi connectivity index (χ2v) is 5.98. The van der Waals surface area contributed by atoms with Crippen LogP contribution < -0.4 is 5.32 Å². The van der Waals surface area contributed by atoms with Crippen molar-refractivity contribution in [1.29, 1.82) is 0 Å². The van der Waals surface area contributed by atoms with E-state index in [1.165, 1.54) is 0 Å². The van der Waals surface area contributed by atoms with E-state index in [2.05, 4.69) is 37.2 Å². The summed E-state index contributed by atoms with van der Waals surface area (Å²) in [5.74, 6) is -0.941. The van der Waals surface area contributed by atoms with Crippen LogP contribution in [0.2, 0.25) is 0 Å². The fourth-order valence-corrected chi connectivity index (χ4v) is 2.92. The Morgan fingerprint density at radius 2 is 1.65 bits per heavy atom. The Morgan fingerprint density at radius 3 is 2.06 bits per heavy atom. The van der Waals surface area contributed by atoms with Gasteiger partial charge in [0.2, 0.25) is 11.8 Å². The molecule has 2 amide bonds. The van der Waals surface area contributed by atoms with E-state index in [0.717, 1.165) is 21.2 Å². The highest BCUT2D eigenvalue weighted by Gasteiger charge is 2.41. The summed E-state index contributed by atoms with van der Waals surface area (Å²) in [6.45, 7) is 3.94. The number of nitrogens with one attached hydrogen (secondary N) is 1. The van der Waals surface area contributed by atoms with Gasteiger partial charge in [0.1, 0.15) is 4.83 Å². The molecule has 2 rings (SSSR count). The zero-order chi connectivity index (χ0) is 12.7. The molecule has 2 unspecified atom stereocenters. The van der Waals surface area contributed by atoms with Crippen LogP contribution in [-0.4, -0.2) is 16.6 Å². The molecule has 1 saturated heterocycles. The molecule has 1 heterocycles. The van der Waals surface area contributed by atoms with Crippen LogP contribution in [0, 0.1) is 13.8 Å². The predicted molar refractivity (Wildman–Crippen MR) is 72.2 cm³/mol. The second kappa shape index (κ2) is 4.53. The van der Waals surface area contributed by atoms with Crippen molar-refractivity contribution in [2.45, 2.75) is 24.6 Å². The van der Waals surface area contributed by atoms with E-state index in [0.29, 0.717) is 0 Å². The summed E-state index contributed by atoms with van der Waals surface area (Å²) >= 11 is 6.76. The second-order valence-electron chi connectivity index (χ2n) is 4.20. The molecule has 1 aromatic rings. The number of hydrogen-bond donors (Lipinski definition) is 1. The zero-order valence-corrected chi connectivity index (χ0v) is 12.6. The standard InChI is InChI=1S/C12H11Br2NO2/c1-5-3-7(4-6(2)9(5)13)8-10(14)12(17)15-11(8)16/h3-4,8,10H,1-2H3,(H,15,16,17). The molecule has 17 heavy (non-hydrogen) atoms. The number of carbonyl (C=O) groups excluding carboxylic acids is 2. The van der Waals surface area contributed by atoms with Gasteiger partial charge in [-0.1, -0.05) is 44.0 Å². The minimum absolute atomic E-state index is 0.238. The molecule has 0 aliphatic carbocycles. The number of hydrogen-bond acceptors (Lipinski definition) is 2. The molecule has 1 N–H and O–H groups in total. The van der Waals surface area contributed by atoms with Gasteiger partial charge in [-0.25, -0.2) is 0 Å². The van der Waals surface area contributed by atoms with Gasteiger partial charge in [-0.15, -0.1) is 0 Å². The van der Waals surface area contributed by atoms with E-state index in [4.69, 9.17) is 0 Å². The maximum atomic E-state index is 11.7. The van der Waals surface area contributed by atoms with Gasteiger partial charge in [0, 0.05) is 4.47 Å². The van der Waals surface area contributed by atoms with Gasteiger partial charge in [-0.05, 0) is 30.5 Å². The van der Waals surface area contributed by atoms with Crippen molar-refractivity contribution in [3.05, 3.63) is 33.3 Å². The van der Waals surface area contributed by atoms with E-state index in [1.807, 2.05) is 26.0 Å². The number of carbonyl (C=O) groups is 2. The van der Waals surface area contributed by atoms with Crippen LogP contribution in [0.3, 0.4) is 0 Å². The first kappa shape index (κ1) is 12.8. The predicted octanol–water partition coefficient (Wildman–Crippen LogP) is 2.57. The Hall–Kier alpha value is -0.680. The van der Waals surface area contributed by atoms with E-state index in [1.54, 1.807) is 0 Å². The summed E-state index contributed by atoms with van der Waals surface area (Å²) in [6.07, 6.45) is 0. The van der Waals surface area contributed by atoms with Crippen LogP contribution in [-0.2, 0) is 9.59 Å². The number of halogens is 2. The smallest absolute Gasteiger partial charge is 0.241 e. The fourth-order valence-electron chi connectivity index (χ4n) is 2.03. The van der Waals surface area contributed by atoms with Crippen LogP contribution in [0.1, 0.15) is 22.6 Å². The van der Waals surface area contributed by atoms with Gasteiger partial charge in [-0.3, -0.25) is 14.9 Å². The van der Waals surface area contributed by atoms with Gasteiger partial charge < -0.3 is 0 Å². The van der Waals surface area contributed by atoms with Crippen molar-refractivity contribution in [2.75, 3.05) is 0 Å². The van der Waals surface area contributed by atoms with Gasteiger partial charge in [0.25, 0.3) is 0 Å². The summed E-state index contributed by atoms with van der Waals surface area (Å²) in [6, 6.07) is 3.88. The van der Waals surface area contributed by atoms with Crippen molar-refractivity contribution in [3.8, 4) is 0 Å². The minimum Gasteiger partial charge on any atom is -0.295 e. The Labute approximate surface area is 116 Å². The van der Waals surface area contributed by atoms with Crippen molar-refractivity contribution in [2.24, 2.45) is 0 Å². The number of rotatable bonds is 1. The lowest BCUT2D eigenvalue weighted by atomic mass is 9.94. The molecule has 0 bridgehead atoms. The fraction of sp³-hybridized carbons (Fsp3) is 0.333. The highest BCUT2D eigenvalue weighted by molar-refractivity contribution is 9.10. The summed E-state index contributed by atoms with van der Waals surface area (Å²) in [4.78, 5) is 22.7. The van der Waals surface area contributed by atoms with Crippen LogP contribution >= 0.6 is 31.9 Å². The summed E-state index contributed by atoms with van der Waals surface area (Å²) in [5, 5.41) is 2.33. The lowest BCUT2D eigenvalue weighted by molar-refractivity contribution is -0.125. The van der Waals surface area contributed by atoms with Crippen LogP contribution in [0.5, 0.6) is 0 Å². The van der Waals surface area contributed by atoms with Crippen LogP contribution in [0.4, 0.5) is 0 Å². The SMILES string of the molecule is Cc1cc(C2C(=O)NC(=O)C2Br)cc(C)c1Br. The van der Waals surface area contributed by atoms with Crippen molar-refractivity contribution in [3.63, 3.8) is 0 Å². The number of amides is 2. The molecule has 1 aliphatic rings. The molecule has 2 atom stereocenters. The lowest BCUT2D eigenvalue weighted by Gasteiger charge is -2.13. The molecular weight excluding hydrogens is 350 g/mol. The monoisotopic (exact) mass is 359 g/mol. The molecule has 5 heteroatoms. The summed E-state index contributed by atoms with van der Waals surface area (Å²) in [5.41, 5.74) is 2.99.